The Morgan fingerprint density at radius 2 is 2.00 bits per heavy atom. The number of rotatable bonds is 1. The van der Waals surface area contributed by atoms with E-state index in [4.69, 9.17) is 4.74 Å². The molecule has 1 aliphatic heterocycles. The quantitative estimate of drug-likeness (QED) is 0.727. The third-order valence-corrected chi connectivity index (χ3v) is 2.16. The zero-order valence-corrected chi connectivity index (χ0v) is 7.61. The van der Waals surface area contributed by atoms with Gasteiger partial charge in [-0.3, -0.25) is 10.1 Å². The molecule has 14 heavy (non-hydrogen) atoms. The molecule has 2 amide bonds. The van der Waals surface area contributed by atoms with Gasteiger partial charge in [-0.2, -0.15) is 0 Å². The molecule has 1 N–H and O–H groups in total. The SMILES string of the molecule is Cc1ccccc1C1OC(=O)NC1=O. The van der Waals surface area contributed by atoms with Gasteiger partial charge in [-0.05, 0) is 12.5 Å². The van der Waals surface area contributed by atoms with Crippen LogP contribution in [0.1, 0.15) is 17.2 Å². The number of cyclic esters (lactones) is 1. The van der Waals surface area contributed by atoms with Crippen LogP contribution < -0.4 is 5.32 Å². The Kier molecular flexibility index (Phi) is 1.96. The van der Waals surface area contributed by atoms with Crippen molar-refractivity contribution in [3.05, 3.63) is 35.4 Å². The lowest BCUT2D eigenvalue weighted by molar-refractivity contribution is -0.123. The van der Waals surface area contributed by atoms with Crippen molar-refractivity contribution in [3.8, 4) is 0 Å². The van der Waals surface area contributed by atoms with E-state index < -0.39 is 18.1 Å². The number of alkyl carbamates (subject to hydrolysis) is 1. The molecule has 0 bridgehead atoms. The first-order valence-corrected chi connectivity index (χ1v) is 4.25. The van der Waals surface area contributed by atoms with Crippen molar-refractivity contribution in [1.29, 1.82) is 0 Å². The van der Waals surface area contributed by atoms with E-state index in [1.165, 1.54) is 0 Å². The summed E-state index contributed by atoms with van der Waals surface area (Å²) in [5.41, 5.74) is 1.67. The molecule has 0 spiro atoms. The highest BCUT2D eigenvalue weighted by atomic mass is 16.6. The number of aryl methyl sites for hydroxylation is 1. The van der Waals surface area contributed by atoms with Crippen LogP contribution in [0.4, 0.5) is 4.79 Å². The molecular formula is C10H9NO3. The second-order valence-electron chi connectivity index (χ2n) is 3.13. The van der Waals surface area contributed by atoms with E-state index in [0.29, 0.717) is 0 Å². The fourth-order valence-electron chi connectivity index (χ4n) is 1.44. The summed E-state index contributed by atoms with van der Waals surface area (Å²) >= 11 is 0. The minimum absolute atomic E-state index is 0.399. The number of amides is 2. The molecule has 0 saturated carbocycles. The first kappa shape index (κ1) is 8.74. The van der Waals surface area contributed by atoms with Crippen LogP contribution in [0, 0.1) is 6.92 Å². The molecule has 4 heteroatoms. The lowest BCUT2D eigenvalue weighted by Crippen LogP contribution is -2.20. The Hall–Kier alpha value is -1.84. The molecule has 1 fully saturated rings. The summed E-state index contributed by atoms with van der Waals surface area (Å²) in [5.74, 6) is -0.399. The lowest BCUT2D eigenvalue weighted by atomic mass is 10.0. The predicted molar refractivity (Wildman–Crippen MR) is 48.5 cm³/mol. The van der Waals surface area contributed by atoms with E-state index in [1.807, 2.05) is 25.1 Å². The molecule has 4 nitrogen and oxygen atoms in total. The number of carbonyl (C=O) groups excluding carboxylic acids is 2. The molecule has 0 radical (unpaired) electrons. The van der Waals surface area contributed by atoms with Crippen molar-refractivity contribution in [2.24, 2.45) is 0 Å². The van der Waals surface area contributed by atoms with Gasteiger partial charge in [0.1, 0.15) is 0 Å². The molecular weight excluding hydrogens is 182 g/mol. The molecule has 2 rings (SSSR count). The highest BCUT2D eigenvalue weighted by Crippen LogP contribution is 2.24. The summed E-state index contributed by atoms with van der Waals surface area (Å²) in [6.07, 6.45) is -1.47. The third-order valence-electron chi connectivity index (χ3n) is 2.16. The van der Waals surface area contributed by atoms with Gasteiger partial charge in [0.2, 0.25) is 6.10 Å². The molecule has 1 heterocycles. The number of hydrogen-bond donors (Lipinski definition) is 1. The summed E-state index contributed by atoms with van der Waals surface area (Å²) in [6.45, 7) is 1.87. The molecule has 1 atom stereocenters. The minimum Gasteiger partial charge on any atom is -0.431 e. The van der Waals surface area contributed by atoms with Crippen molar-refractivity contribution >= 4 is 12.0 Å². The number of nitrogens with one attached hydrogen (secondary N) is 1. The molecule has 1 aliphatic rings. The van der Waals surface area contributed by atoms with Gasteiger partial charge >= 0.3 is 6.09 Å². The van der Waals surface area contributed by atoms with Crippen LogP contribution in [0.15, 0.2) is 24.3 Å². The number of imide groups is 1. The van der Waals surface area contributed by atoms with Crippen LogP contribution >= 0.6 is 0 Å². The van der Waals surface area contributed by atoms with Gasteiger partial charge in [0, 0.05) is 5.56 Å². The van der Waals surface area contributed by atoms with E-state index in [0.717, 1.165) is 11.1 Å². The van der Waals surface area contributed by atoms with E-state index in [9.17, 15) is 9.59 Å². The average molecular weight is 191 g/mol. The van der Waals surface area contributed by atoms with Gasteiger partial charge in [-0.1, -0.05) is 24.3 Å². The number of benzene rings is 1. The van der Waals surface area contributed by atoms with E-state index in [2.05, 4.69) is 5.32 Å². The van der Waals surface area contributed by atoms with Crippen molar-refractivity contribution in [2.75, 3.05) is 0 Å². The largest absolute Gasteiger partial charge is 0.431 e. The standard InChI is InChI=1S/C10H9NO3/c1-6-4-2-3-5-7(6)8-9(12)11-10(13)14-8/h2-5,8H,1H3,(H,11,12,13). The van der Waals surface area contributed by atoms with Crippen LogP contribution in [0.25, 0.3) is 0 Å². The lowest BCUT2D eigenvalue weighted by Gasteiger charge is -2.08. The highest BCUT2D eigenvalue weighted by Gasteiger charge is 2.34. The Labute approximate surface area is 80.9 Å². The zero-order valence-electron chi connectivity index (χ0n) is 7.61. The molecule has 0 aliphatic carbocycles. The highest BCUT2D eigenvalue weighted by molar-refractivity contribution is 6.00. The minimum atomic E-state index is -0.788. The monoisotopic (exact) mass is 191 g/mol. The predicted octanol–water partition coefficient (Wildman–Crippen LogP) is 1.30. The summed E-state index contributed by atoms with van der Waals surface area (Å²) in [5, 5.41) is 2.09. The molecule has 72 valence electrons. The van der Waals surface area contributed by atoms with E-state index in [-0.39, 0.29) is 0 Å². The Morgan fingerprint density at radius 1 is 1.29 bits per heavy atom. The second-order valence-corrected chi connectivity index (χ2v) is 3.13. The van der Waals surface area contributed by atoms with Crippen molar-refractivity contribution in [3.63, 3.8) is 0 Å². The van der Waals surface area contributed by atoms with Gasteiger partial charge < -0.3 is 4.74 Å². The molecule has 1 aromatic rings. The topological polar surface area (TPSA) is 55.4 Å². The number of hydrogen-bond acceptors (Lipinski definition) is 3. The van der Waals surface area contributed by atoms with Gasteiger partial charge in [-0.25, -0.2) is 4.79 Å². The summed E-state index contributed by atoms with van der Waals surface area (Å²) in [4.78, 5) is 22.1. The van der Waals surface area contributed by atoms with Gasteiger partial charge in [0.15, 0.2) is 0 Å². The van der Waals surface area contributed by atoms with Crippen LogP contribution in [0.2, 0.25) is 0 Å². The average Bonchev–Trinajstić information content (AvgIpc) is 2.46. The zero-order chi connectivity index (χ0) is 10.1. The number of carbonyl (C=O) groups is 2. The summed E-state index contributed by atoms with van der Waals surface area (Å²) in [6, 6.07) is 7.32. The molecule has 0 aromatic heterocycles. The second kappa shape index (κ2) is 3.14. The Bertz CT molecular complexity index is 400. The van der Waals surface area contributed by atoms with Gasteiger partial charge in [0.05, 0.1) is 0 Å². The molecule has 1 saturated heterocycles. The number of ether oxygens (including phenoxy) is 1. The van der Waals surface area contributed by atoms with Crippen LogP contribution in [-0.2, 0) is 9.53 Å². The fraction of sp³-hybridized carbons (Fsp3) is 0.200. The molecule has 1 aromatic carbocycles. The van der Waals surface area contributed by atoms with Gasteiger partial charge in [-0.15, -0.1) is 0 Å². The van der Waals surface area contributed by atoms with E-state index in [1.54, 1.807) is 6.07 Å². The van der Waals surface area contributed by atoms with Crippen LogP contribution in [0.3, 0.4) is 0 Å². The third kappa shape index (κ3) is 1.35. The van der Waals surface area contributed by atoms with Crippen LogP contribution in [-0.4, -0.2) is 12.0 Å². The first-order valence-electron chi connectivity index (χ1n) is 4.25. The molecule has 1 unspecified atom stereocenters. The maximum Gasteiger partial charge on any atom is 0.415 e. The Balaban J connectivity index is 2.36. The van der Waals surface area contributed by atoms with E-state index >= 15 is 0 Å². The van der Waals surface area contributed by atoms with Gasteiger partial charge in [0.25, 0.3) is 5.91 Å². The maximum atomic E-state index is 11.3. The van der Waals surface area contributed by atoms with Crippen LogP contribution in [0.5, 0.6) is 0 Å². The first-order chi connectivity index (χ1) is 6.68. The van der Waals surface area contributed by atoms with Crippen molar-refractivity contribution in [2.45, 2.75) is 13.0 Å². The normalized spacial score (nSPS) is 20.5. The summed E-state index contributed by atoms with van der Waals surface area (Å²) < 4.78 is 4.84. The Morgan fingerprint density at radius 3 is 2.57 bits per heavy atom. The van der Waals surface area contributed by atoms with Crippen molar-refractivity contribution < 1.29 is 14.3 Å². The van der Waals surface area contributed by atoms with Crippen molar-refractivity contribution in [1.82, 2.24) is 5.32 Å². The fourth-order valence-corrected chi connectivity index (χ4v) is 1.44. The smallest absolute Gasteiger partial charge is 0.415 e. The summed E-state index contributed by atoms with van der Waals surface area (Å²) in [7, 11) is 0. The maximum absolute atomic E-state index is 11.3.